The zero-order valence-corrected chi connectivity index (χ0v) is 34.0. The van der Waals surface area contributed by atoms with Crippen LogP contribution in [0.1, 0.15) is 215 Å². The number of aryl methyl sites for hydroxylation is 2. The van der Waals surface area contributed by atoms with Gasteiger partial charge in [-0.05, 0) is 109 Å². The summed E-state index contributed by atoms with van der Waals surface area (Å²) >= 11 is 0. The van der Waals surface area contributed by atoms with Crippen LogP contribution < -0.4 is 0 Å². The Hall–Kier alpha value is -2.22. The molecule has 2 heteroatoms. The number of hydrogen-bond donors (Lipinski definition) is 0. The molecule has 0 amide bonds. The normalized spacial score (nSPS) is 15.3. The third-order valence-corrected chi connectivity index (χ3v) is 12.2. The Morgan fingerprint density at radius 3 is 1.14 bits per heavy atom. The molecule has 2 nitrogen and oxygen atoms in total. The molecule has 284 valence electrons. The molecule has 0 N–H and O–H groups in total. The predicted octanol–water partition coefficient (Wildman–Crippen LogP) is 15.6. The molecule has 2 aromatic carbocycles. The van der Waals surface area contributed by atoms with Crippen LogP contribution in [0.4, 0.5) is 11.4 Å². The number of benzene rings is 2. The Balaban J connectivity index is 1.74. The third kappa shape index (κ3) is 14.3. The summed E-state index contributed by atoms with van der Waals surface area (Å²) in [7, 11) is 0. The van der Waals surface area contributed by atoms with Gasteiger partial charge in [0.15, 0.2) is 0 Å². The SMILES string of the molecule is CCCCCCc1ccc(Cc2ccc(CCCCCC)c(CCCCCC)c2N=CCC2CCC2)c(N=CCC2CCC2)c1CCCCCC. The van der Waals surface area contributed by atoms with Gasteiger partial charge >= 0.3 is 0 Å². The molecule has 0 atom stereocenters. The van der Waals surface area contributed by atoms with Gasteiger partial charge in [-0.1, -0.05) is 168 Å². The maximum atomic E-state index is 5.47. The summed E-state index contributed by atoms with van der Waals surface area (Å²) in [5.74, 6) is 1.69. The Kier molecular flexibility index (Phi) is 20.3. The molecule has 4 rings (SSSR count). The number of rotatable bonds is 28. The van der Waals surface area contributed by atoms with Crippen LogP contribution in [-0.4, -0.2) is 12.4 Å². The summed E-state index contributed by atoms with van der Waals surface area (Å²) in [6.45, 7) is 9.31. The monoisotopic (exact) mass is 695 g/mol. The average molecular weight is 695 g/mol. The minimum Gasteiger partial charge on any atom is -0.261 e. The van der Waals surface area contributed by atoms with Crippen molar-refractivity contribution in [2.24, 2.45) is 21.8 Å². The van der Waals surface area contributed by atoms with Crippen LogP contribution in [0.5, 0.6) is 0 Å². The summed E-state index contributed by atoms with van der Waals surface area (Å²) in [4.78, 5) is 10.9. The molecular formula is C49H78N2. The fraction of sp³-hybridized carbons (Fsp3) is 0.714. The Morgan fingerprint density at radius 2 is 0.804 bits per heavy atom. The molecule has 0 unspecified atom stereocenters. The second-order valence-corrected chi connectivity index (χ2v) is 16.5. The van der Waals surface area contributed by atoms with Crippen molar-refractivity contribution in [2.75, 3.05) is 0 Å². The highest BCUT2D eigenvalue weighted by molar-refractivity contribution is 5.72. The van der Waals surface area contributed by atoms with Crippen LogP contribution in [0.15, 0.2) is 34.3 Å². The van der Waals surface area contributed by atoms with Crippen molar-refractivity contribution in [3.05, 3.63) is 57.6 Å². The lowest BCUT2D eigenvalue weighted by molar-refractivity contribution is 0.329. The van der Waals surface area contributed by atoms with Crippen molar-refractivity contribution in [2.45, 2.75) is 214 Å². The van der Waals surface area contributed by atoms with Gasteiger partial charge in [-0.15, -0.1) is 0 Å². The van der Waals surface area contributed by atoms with Gasteiger partial charge in [-0.3, -0.25) is 9.98 Å². The lowest BCUT2D eigenvalue weighted by Gasteiger charge is -2.24. The molecule has 51 heavy (non-hydrogen) atoms. The van der Waals surface area contributed by atoms with E-state index in [0.29, 0.717) is 0 Å². The smallest absolute Gasteiger partial charge is 0.0695 e. The van der Waals surface area contributed by atoms with E-state index in [1.165, 1.54) is 189 Å². The molecule has 2 aliphatic carbocycles. The van der Waals surface area contributed by atoms with E-state index >= 15 is 0 Å². The maximum Gasteiger partial charge on any atom is 0.0695 e. The van der Waals surface area contributed by atoms with E-state index < -0.39 is 0 Å². The first kappa shape index (κ1) is 41.5. The molecule has 0 heterocycles. The highest BCUT2D eigenvalue weighted by atomic mass is 14.7. The fourth-order valence-electron chi connectivity index (χ4n) is 8.28. The second-order valence-electron chi connectivity index (χ2n) is 16.5. The number of unbranched alkanes of at least 4 members (excludes halogenated alkanes) is 12. The lowest BCUT2D eigenvalue weighted by atomic mass is 9.83. The standard InChI is InChI=1S/C49H78N2/c1-5-9-13-17-27-42-31-33-44(48(46(42)29-19-15-11-7-3)50-37-35-40-23-21-24-40)39-45-34-32-43(28-18-14-10-6-2)47(30-20-16-12-8-4)49(45)51-38-36-41-25-22-26-41/h31-34,37-38,40-41H,5-30,35-36,39H2,1-4H3. The molecular weight excluding hydrogens is 617 g/mol. The van der Waals surface area contributed by atoms with E-state index in [1.54, 1.807) is 22.3 Å². The van der Waals surface area contributed by atoms with E-state index in [9.17, 15) is 0 Å². The minimum absolute atomic E-state index is 0.846. The lowest BCUT2D eigenvalue weighted by Crippen LogP contribution is -2.11. The van der Waals surface area contributed by atoms with Gasteiger partial charge in [0, 0.05) is 18.9 Å². The van der Waals surface area contributed by atoms with Gasteiger partial charge in [0.25, 0.3) is 0 Å². The molecule has 0 spiro atoms. The van der Waals surface area contributed by atoms with Gasteiger partial charge in [0.1, 0.15) is 0 Å². The first-order valence-corrected chi connectivity index (χ1v) is 22.5. The van der Waals surface area contributed by atoms with Crippen molar-refractivity contribution in [3.63, 3.8) is 0 Å². The minimum atomic E-state index is 0.846. The van der Waals surface area contributed by atoms with Crippen LogP contribution in [-0.2, 0) is 32.1 Å². The van der Waals surface area contributed by atoms with E-state index in [0.717, 1.165) is 31.1 Å². The Morgan fingerprint density at radius 1 is 0.451 bits per heavy atom. The van der Waals surface area contributed by atoms with Crippen molar-refractivity contribution in [1.29, 1.82) is 0 Å². The van der Waals surface area contributed by atoms with Gasteiger partial charge in [0.2, 0.25) is 0 Å². The largest absolute Gasteiger partial charge is 0.261 e. The number of hydrogen-bond acceptors (Lipinski definition) is 2. The summed E-state index contributed by atoms with van der Waals surface area (Å²) < 4.78 is 0. The first-order valence-electron chi connectivity index (χ1n) is 22.5. The Labute approximate surface area is 316 Å². The number of aliphatic imine (C=N–C) groups is 2. The second kappa shape index (κ2) is 24.9. The summed E-state index contributed by atoms with van der Waals surface area (Å²) in [6, 6.07) is 9.97. The van der Waals surface area contributed by atoms with Gasteiger partial charge in [-0.25, -0.2) is 0 Å². The molecule has 0 aromatic heterocycles. The third-order valence-electron chi connectivity index (χ3n) is 12.2. The first-order chi connectivity index (χ1) is 25.2. The molecule has 0 saturated heterocycles. The van der Waals surface area contributed by atoms with Gasteiger partial charge < -0.3 is 0 Å². The molecule has 0 radical (unpaired) electrons. The van der Waals surface area contributed by atoms with E-state index in [-0.39, 0.29) is 0 Å². The van der Waals surface area contributed by atoms with Gasteiger partial charge in [0.05, 0.1) is 11.4 Å². The van der Waals surface area contributed by atoms with Crippen LogP contribution >= 0.6 is 0 Å². The zero-order chi connectivity index (χ0) is 35.9. The molecule has 2 aromatic rings. The summed E-state index contributed by atoms with van der Waals surface area (Å²) in [5, 5.41) is 0. The fourth-order valence-corrected chi connectivity index (χ4v) is 8.28. The highest BCUT2D eigenvalue weighted by Crippen LogP contribution is 2.38. The molecule has 0 bridgehead atoms. The van der Waals surface area contributed by atoms with Crippen molar-refractivity contribution < 1.29 is 0 Å². The van der Waals surface area contributed by atoms with Crippen molar-refractivity contribution >= 4 is 23.8 Å². The molecule has 2 saturated carbocycles. The summed E-state index contributed by atoms with van der Waals surface area (Å²) in [6.07, 6.45) is 41.9. The van der Waals surface area contributed by atoms with Gasteiger partial charge in [-0.2, -0.15) is 0 Å². The highest BCUT2D eigenvalue weighted by Gasteiger charge is 2.20. The van der Waals surface area contributed by atoms with Crippen molar-refractivity contribution in [3.8, 4) is 0 Å². The topological polar surface area (TPSA) is 24.7 Å². The maximum absolute atomic E-state index is 5.47. The molecule has 2 fully saturated rings. The molecule has 2 aliphatic rings. The quantitative estimate of drug-likeness (QED) is 0.0626. The van der Waals surface area contributed by atoms with Crippen molar-refractivity contribution in [1.82, 2.24) is 0 Å². The van der Waals surface area contributed by atoms with Crippen LogP contribution in [0.2, 0.25) is 0 Å². The average Bonchev–Trinajstić information content (AvgIpc) is 3.10. The summed E-state index contributed by atoms with van der Waals surface area (Å²) in [5.41, 5.74) is 11.7. The van der Waals surface area contributed by atoms with Crippen LogP contribution in [0, 0.1) is 11.8 Å². The van der Waals surface area contributed by atoms with E-state index in [1.807, 2.05) is 0 Å². The van der Waals surface area contributed by atoms with Crippen LogP contribution in [0.3, 0.4) is 0 Å². The van der Waals surface area contributed by atoms with Crippen LogP contribution in [0.25, 0.3) is 0 Å². The number of nitrogens with zero attached hydrogens (tertiary/aromatic N) is 2. The Bertz CT molecular complexity index is 1190. The van der Waals surface area contributed by atoms with E-state index in [4.69, 9.17) is 9.98 Å². The zero-order valence-electron chi connectivity index (χ0n) is 34.0. The molecule has 0 aliphatic heterocycles. The van der Waals surface area contributed by atoms with E-state index in [2.05, 4.69) is 64.4 Å². The predicted molar refractivity (Wildman–Crippen MR) is 227 cm³/mol.